The van der Waals surface area contributed by atoms with Crippen LogP contribution in [-0.4, -0.2) is 57.6 Å². The molecule has 2 N–H and O–H groups in total. The van der Waals surface area contributed by atoms with Gasteiger partial charge < -0.3 is 19.7 Å². The molecule has 0 saturated heterocycles. The number of carboxylic acid groups (broad SMARTS) is 2. The molecule has 0 aromatic heterocycles. The van der Waals surface area contributed by atoms with Crippen molar-refractivity contribution in [3.63, 3.8) is 0 Å². The maximum Gasteiger partial charge on any atom is 0.339 e. The average Bonchev–Trinajstić information content (AvgIpc) is 2.46. The molecule has 0 saturated carbocycles. The van der Waals surface area contributed by atoms with Gasteiger partial charge >= 0.3 is 11.9 Å². The average molecular weight is 312 g/mol. The molecule has 0 radical (unpaired) electrons. The molecule has 1 aromatic rings. The summed E-state index contributed by atoms with van der Waals surface area (Å²) in [5.41, 5.74) is -1.86. The fourth-order valence-corrected chi connectivity index (χ4v) is 4.05. The van der Waals surface area contributed by atoms with Crippen molar-refractivity contribution in [1.29, 1.82) is 0 Å². The highest BCUT2D eigenvalue weighted by Gasteiger charge is 2.50. The van der Waals surface area contributed by atoms with Gasteiger partial charge in [-0.1, -0.05) is 41.6 Å². The molecule has 0 amide bonds. The molecular formula is C14H20O6Si. The number of hydrogen-bond acceptors (Lipinski definition) is 4. The molecule has 6 nitrogen and oxygen atoms in total. The van der Waals surface area contributed by atoms with Gasteiger partial charge in [0.2, 0.25) is 5.60 Å². The largest absolute Gasteiger partial charge is 0.479 e. The van der Waals surface area contributed by atoms with E-state index in [1.54, 1.807) is 0 Å². The molecule has 0 bridgehead atoms. The molecule has 0 spiro atoms. The van der Waals surface area contributed by atoms with Crippen LogP contribution in [0.25, 0.3) is 0 Å². The zero-order chi connectivity index (χ0) is 15.9. The summed E-state index contributed by atoms with van der Waals surface area (Å²) >= 11 is 0. The number of hydrogen-bond donors (Lipinski definition) is 2. The molecular weight excluding hydrogens is 292 g/mol. The van der Waals surface area contributed by atoms with Crippen LogP contribution in [0.4, 0.5) is 0 Å². The highest BCUT2D eigenvalue weighted by Crippen LogP contribution is 2.25. The number of aliphatic carboxylic acids is 2. The lowest BCUT2D eigenvalue weighted by Gasteiger charge is -2.32. The third-order valence-electron chi connectivity index (χ3n) is 3.47. The van der Waals surface area contributed by atoms with Gasteiger partial charge in [0.05, 0.1) is 9.52 Å². The molecule has 0 aliphatic carbocycles. The first-order valence-electron chi connectivity index (χ1n) is 6.56. The number of carbonyl (C=O) groups is 2. The van der Waals surface area contributed by atoms with E-state index in [-0.39, 0.29) is 6.42 Å². The van der Waals surface area contributed by atoms with Gasteiger partial charge in [0.1, 0.15) is 0 Å². The van der Waals surface area contributed by atoms with Gasteiger partial charge in [0.15, 0.2) is 6.10 Å². The molecule has 0 fully saturated rings. The van der Waals surface area contributed by atoms with Crippen LogP contribution < -0.4 is 5.19 Å². The van der Waals surface area contributed by atoms with E-state index in [1.807, 2.05) is 30.3 Å². The second-order valence-electron chi connectivity index (χ2n) is 4.69. The SMILES string of the molecule is COC(C(=O)O)C(CC[SiH2]c1ccccc1)(OC)C(=O)O. The van der Waals surface area contributed by atoms with Crippen LogP contribution in [0.15, 0.2) is 30.3 Å². The summed E-state index contributed by atoms with van der Waals surface area (Å²) < 4.78 is 9.91. The topological polar surface area (TPSA) is 93.1 Å². The molecule has 21 heavy (non-hydrogen) atoms. The Bertz CT molecular complexity index is 478. The zero-order valence-electron chi connectivity index (χ0n) is 12.1. The molecule has 7 heteroatoms. The van der Waals surface area contributed by atoms with Crippen molar-refractivity contribution in [2.24, 2.45) is 0 Å². The van der Waals surface area contributed by atoms with E-state index in [0.29, 0.717) is 6.04 Å². The summed E-state index contributed by atoms with van der Waals surface area (Å²) in [6.45, 7) is 0. The van der Waals surface area contributed by atoms with Crippen LogP contribution in [0.3, 0.4) is 0 Å². The van der Waals surface area contributed by atoms with E-state index in [0.717, 1.165) is 0 Å². The minimum Gasteiger partial charge on any atom is -0.479 e. The monoisotopic (exact) mass is 312 g/mol. The van der Waals surface area contributed by atoms with Crippen molar-refractivity contribution in [2.75, 3.05) is 14.2 Å². The van der Waals surface area contributed by atoms with E-state index < -0.39 is 33.2 Å². The van der Waals surface area contributed by atoms with E-state index in [9.17, 15) is 14.7 Å². The predicted octanol–water partition coefficient (Wildman–Crippen LogP) is -0.142. The summed E-state index contributed by atoms with van der Waals surface area (Å²) in [7, 11) is 1.68. The Hall–Kier alpha value is -1.70. The Morgan fingerprint density at radius 1 is 1.24 bits per heavy atom. The zero-order valence-corrected chi connectivity index (χ0v) is 13.5. The number of rotatable bonds is 9. The fourth-order valence-electron chi connectivity index (χ4n) is 2.34. The summed E-state index contributed by atoms with van der Waals surface area (Å²) in [5, 5.41) is 19.8. The van der Waals surface area contributed by atoms with Crippen molar-refractivity contribution in [3.05, 3.63) is 30.3 Å². The molecule has 1 aromatic carbocycles. The van der Waals surface area contributed by atoms with Crippen molar-refractivity contribution in [3.8, 4) is 0 Å². The first kappa shape index (κ1) is 17.3. The second kappa shape index (κ2) is 7.92. The Labute approximate surface area is 125 Å². The number of carboxylic acids is 2. The van der Waals surface area contributed by atoms with E-state index >= 15 is 0 Å². The molecule has 2 unspecified atom stereocenters. The Balaban J connectivity index is 2.83. The van der Waals surface area contributed by atoms with Crippen LogP contribution in [0.2, 0.25) is 6.04 Å². The predicted molar refractivity (Wildman–Crippen MR) is 79.9 cm³/mol. The smallest absolute Gasteiger partial charge is 0.339 e. The van der Waals surface area contributed by atoms with E-state index in [1.165, 1.54) is 19.4 Å². The Morgan fingerprint density at radius 2 is 1.86 bits per heavy atom. The van der Waals surface area contributed by atoms with Crippen LogP contribution in [0.5, 0.6) is 0 Å². The molecule has 116 valence electrons. The van der Waals surface area contributed by atoms with Crippen molar-refractivity contribution in [2.45, 2.75) is 24.2 Å². The van der Waals surface area contributed by atoms with Crippen LogP contribution >= 0.6 is 0 Å². The Kier molecular flexibility index (Phi) is 6.54. The standard InChI is InChI=1S/C14H20O6Si/c1-19-11(12(15)16)14(20-2,13(17)18)8-9-21-10-6-4-3-5-7-10/h3-7,11H,8-9,21H2,1-2H3,(H,15,16)(H,17,18). The lowest BCUT2D eigenvalue weighted by Crippen LogP contribution is -2.55. The van der Waals surface area contributed by atoms with Crippen molar-refractivity contribution < 1.29 is 29.3 Å². The van der Waals surface area contributed by atoms with Crippen LogP contribution in [0, 0.1) is 0 Å². The third kappa shape index (κ3) is 4.13. The highest BCUT2D eigenvalue weighted by atomic mass is 28.2. The highest BCUT2D eigenvalue weighted by molar-refractivity contribution is 6.53. The number of methoxy groups -OCH3 is 2. The summed E-state index contributed by atoms with van der Waals surface area (Å²) in [6.07, 6.45) is -1.44. The second-order valence-corrected chi connectivity index (χ2v) is 6.72. The summed E-state index contributed by atoms with van der Waals surface area (Å²) in [4.78, 5) is 22.8. The van der Waals surface area contributed by atoms with Gasteiger partial charge in [0, 0.05) is 14.2 Å². The summed E-state index contributed by atoms with van der Waals surface area (Å²) in [5.74, 6) is -2.66. The maximum atomic E-state index is 11.5. The van der Waals surface area contributed by atoms with Crippen molar-refractivity contribution in [1.82, 2.24) is 0 Å². The van der Waals surface area contributed by atoms with Crippen LogP contribution in [0.1, 0.15) is 6.42 Å². The van der Waals surface area contributed by atoms with Crippen LogP contribution in [-0.2, 0) is 19.1 Å². The Morgan fingerprint density at radius 3 is 2.29 bits per heavy atom. The quantitative estimate of drug-likeness (QED) is 0.617. The lowest BCUT2D eigenvalue weighted by atomic mass is 9.93. The minimum atomic E-state index is -1.86. The molecule has 1 rings (SSSR count). The number of benzene rings is 1. The molecule has 0 heterocycles. The van der Waals surface area contributed by atoms with E-state index in [2.05, 4.69) is 0 Å². The first-order chi connectivity index (χ1) is 9.97. The minimum absolute atomic E-state index is 0.102. The number of ether oxygens (including phenoxy) is 2. The van der Waals surface area contributed by atoms with Gasteiger partial charge in [0.25, 0.3) is 0 Å². The van der Waals surface area contributed by atoms with E-state index in [4.69, 9.17) is 14.6 Å². The molecule has 0 aliphatic heterocycles. The molecule has 0 aliphatic rings. The third-order valence-corrected chi connectivity index (χ3v) is 5.22. The molecule has 2 atom stereocenters. The lowest BCUT2D eigenvalue weighted by molar-refractivity contribution is -0.192. The van der Waals surface area contributed by atoms with Gasteiger partial charge in [-0.05, 0) is 6.42 Å². The normalized spacial score (nSPS) is 15.7. The first-order valence-corrected chi connectivity index (χ1v) is 8.26. The van der Waals surface area contributed by atoms with Gasteiger partial charge in [-0.2, -0.15) is 0 Å². The summed E-state index contributed by atoms with van der Waals surface area (Å²) in [6, 6.07) is 10.4. The van der Waals surface area contributed by atoms with Gasteiger partial charge in [-0.25, -0.2) is 9.59 Å². The van der Waals surface area contributed by atoms with Gasteiger partial charge in [-0.15, -0.1) is 0 Å². The van der Waals surface area contributed by atoms with Gasteiger partial charge in [-0.3, -0.25) is 0 Å². The van der Waals surface area contributed by atoms with Crippen molar-refractivity contribution >= 4 is 26.6 Å². The fraction of sp³-hybridized carbons (Fsp3) is 0.429. The maximum absolute atomic E-state index is 11.5.